The number of ether oxygens (including phenoxy) is 4. The Hall–Kier alpha value is -4.75. The summed E-state index contributed by atoms with van der Waals surface area (Å²) < 4.78 is 21.8. The molecule has 0 bridgehead atoms. The quantitative estimate of drug-likeness (QED) is 0.155. The van der Waals surface area contributed by atoms with Crippen molar-refractivity contribution in [2.24, 2.45) is 0 Å². The van der Waals surface area contributed by atoms with Crippen LogP contribution >= 0.6 is 0 Å². The number of benzene rings is 4. The van der Waals surface area contributed by atoms with Crippen LogP contribution in [0.3, 0.4) is 0 Å². The number of carbonyl (C=O) groups is 1. The summed E-state index contributed by atoms with van der Waals surface area (Å²) in [6, 6.07) is 32.6. The third kappa shape index (κ3) is 4.89. The maximum atomic E-state index is 11.1. The van der Waals surface area contributed by atoms with Gasteiger partial charge >= 0.3 is 5.97 Å². The van der Waals surface area contributed by atoms with Gasteiger partial charge in [0, 0.05) is 19.6 Å². The zero-order valence-electron chi connectivity index (χ0n) is 23.0. The molecule has 0 fully saturated rings. The Bertz CT molecular complexity index is 1680. The van der Waals surface area contributed by atoms with Crippen LogP contribution < -0.4 is 9.47 Å². The first-order valence-corrected chi connectivity index (χ1v) is 13.6. The molecule has 0 spiro atoms. The summed E-state index contributed by atoms with van der Waals surface area (Å²) in [5, 5.41) is 0. The average Bonchev–Trinajstić information content (AvgIpc) is 3.29. The highest BCUT2D eigenvalue weighted by molar-refractivity contribution is 5.87. The van der Waals surface area contributed by atoms with E-state index in [2.05, 4.69) is 42.5 Å². The van der Waals surface area contributed by atoms with Gasteiger partial charge in [-0.15, -0.1) is 0 Å². The highest BCUT2D eigenvalue weighted by Crippen LogP contribution is 2.55. The van der Waals surface area contributed by atoms with Gasteiger partial charge in [-0.3, -0.25) is 4.79 Å². The van der Waals surface area contributed by atoms with E-state index < -0.39 is 5.41 Å². The van der Waals surface area contributed by atoms with E-state index in [0.29, 0.717) is 19.0 Å². The van der Waals surface area contributed by atoms with E-state index in [4.69, 9.17) is 28.9 Å². The van der Waals surface area contributed by atoms with Crippen LogP contribution in [-0.2, 0) is 19.7 Å². The monoisotopic (exact) mass is 546 g/mol. The number of nitrogens with zero attached hydrogens (tertiary/aromatic N) is 2. The number of aromatic nitrogens is 2. The van der Waals surface area contributed by atoms with Crippen molar-refractivity contribution in [2.45, 2.75) is 12.3 Å². The summed E-state index contributed by atoms with van der Waals surface area (Å²) in [5.41, 5.74) is 7.00. The smallest absolute Gasteiger partial charge is 0.302 e. The standard InChI is InChI=1S/C34H30N2O5/c1-23(37)39-21-22-41-27-17-13-25(14-18-27)34(24-11-15-26(16-12-24)40-20-19-38-2)29-8-4-3-7-28(29)32-33(34)36-31-10-6-5-9-30(31)35-32/h3-18H,19-22H2,1-2H3. The van der Waals surface area contributed by atoms with Crippen LogP contribution in [0.1, 0.15) is 29.3 Å². The number of methoxy groups -OCH3 is 1. The van der Waals surface area contributed by atoms with Crippen molar-refractivity contribution in [3.05, 3.63) is 119 Å². The molecular weight excluding hydrogens is 516 g/mol. The van der Waals surface area contributed by atoms with Gasteiger partial charge in [0.05, 0.1) is 34.4 Å². The lowest BCUT2D eigenvalue weighted by Gasteiger charge is -2.32. The molecule has 0 radical (unpaired) electrons. The minimum absolute atomic E-state index is 0.198. The molecular formula is C34H30N2O5. The molecule has 1 atom stereocenters. The molecule has 0 saturated carbocycles. The first kappa shape index (κ1) is 26.5. The predicted octanol–water partition coefficient (Wildman–Crippen LogP) is 5.96. The van der Waals surface area contributed by atoms with Crippen molar-refractivity contribution in [3.63, 3.8) is 0 Å². The van der Waals surface area contributed by atoms with Gasteiger partial charge in [0.25, 0.3) is 0 Å². The van der Waals surface area contributed by atoms with E-state index in [9.17, 15) is 4.79 Å². The fraction of sp³-hybridized carbons (Fsp3) is 0.206. The highest BCUT2D eigenvalue weighted by Gasteiger charge is 2.48. The topological polar surface area (TPSA) is 79.8 Å². The van der Waals surface area contributed by atoms with E-state index in [1.807, 2.05) is 54.6 Å². The Labute approximate surface area is 238 Å². The molecule has 1 unspecified atom stereocenters. The lowest BCUT2D eigenvalue weighted by Crippen LogP contribution is -2.29. The average molecular weight is 547 g/mol. The van der Waals surface area contributed by atoms with E-state index >= 15 is 0 Å². The Morgan fingerprint density at radius 2 is 1.24 bits per heavy atom. The van der Waals surface area contributed by atoms with Gasteiger partial charge in [-0.1, -0.05) is 60.7 Å². The predicted molar refractivity (Wildman–Crippen MR) is 156 cm³/mol. The maximum absolute atomic E-state index is 11.1. The number of fused-ring (bicyclic) bond motifs is 4. The molecule has 0 N–H and O–H groups in total. The molecule has 1 aliphatic rings. The fourth-order valence-electron chi connectivity index (χ4n) is 5.53. The Kier molecular flexibility index (Phi) is 7.35. The van der Waals surface area contributed by atoms with Crippen molar-refractivity contribution in [1.29, 1.82) is 0 Å². The number of esters is 1. The molecule has 0 aliphatic heterocycles. The summed E-state index contributed by atoms with van der Waals surface area (Å²) in [6.45, 7) is 2.85. The minimum atomic E-state index is -0.718. The molecule has 1 aliphatic carbocycles. The second-order valence-electron chi connectivity index (χ2n) is 9.78. The van der Waals surface area contributed by atoms with Crippen LogP contribution in [0.4, 0.5) is 0 Å². The zero-order chi connectivity index (χ0) is 28.2. The first-order chi connectivity index (χ1) is 20.1. The maximum Gasteiger partial charge on any atom is 0.302 e. The molecule has 206 valence electrons. The van der Waals surface area contributed by atoms with Crippen LogP contribution in [0.25, 0.3) is 22.3 Å². The van der Waals surface area contributed by atoms with Gasteiger partial charge in [0.1, 0.15) is 31.3 Å². The molecule has 0 amide bonds. The molecule has 1 aromatic heterocycles. The molecule has 6 rings (SSSR count). The van der Waals surface area contributed by atoms with Crippen molar-refractivity contribution in [1.82, 2.24) is 9.97 Å². The van der Waals surface area contributed by atoms with E-state index in [1.165, 1.54) is 6.92 Å². The van der Waals surface area contributed by atoms with E-state index in [0.717, 1.165) is 50.4 Å². The van der Waals surface area contributed by atoms with Gasteiger partial charge in [-0.25, -0.2) is 9.97 Å². The number of hydrogen-bond acceptors (Lipinski definition) is 7. The van der Waals surface area contributed by atoms with Crippen molar-refractivity contribution in [2.75, 3.05) is 33.5 Å². The number of hydrogen-bond donors (Lipinski definition) is 0. The highest BCUT2D eigenvalue weighted by atomic mass is 16.6. The molecule has 1 heterocycles. The van der Waals surface area contributed by atoms with Crippen LogP contribution in [0, 0.1) is 0 Å². The third-order valence-corrected chi connectivity index (χ3v) is 7.30. The Morgan fingerprint density at radius 3 is 1.85 bits per heavy atom. The number of carbonyl (C=O) groups excluding carboxylic acids is 1. The van der Waals surface area contributed by atoms with Crippen LogP contribution in [0.2, 0.25) is 0 Å². The zero-order valence-corrected chi connectivity index (χ0v) is 23.0. The van der Waals surface area contributed by atoms with Gasteiger partial charge in [0.2, 0.25) is 0 Å². The molecule has 41 heavy (non-hydrogen) atoms. The minimum Gasteiger partial charge on any atom is -0.491 e. The van der Waals surface area contributed by atoms with Gasteiger partial charge in [0.15, 0.2) is 0 Å². The summed E-state index contributed by atoms with van der Waals surface area (Å²) in [7, 11) is 1.66. The molecule has 5 aromatic rings. The lowest BCUT2D eigenvalue weighted by atomic mass is 9.69. The summed E-state index contributed by atoms with van der Waals surface area (Å²) in [5.74, 6) is 1.14. The second-order valence-corrected chi connectivity index (χ2v) is 9.78. The summed E-state index contributed by atoms with van der Waals surface area (Å²) in [4.78, 5) is 21.5. The number of rotatable bonds is 10. The third-order valence-electron chi connectivity index (χ3n) is 7.30. The number of para-hydroxylation sites is 2. The first-order valence-electron chi connectivity index (χ1n) is 13.6. The summed E-state index contributed by atoms with van der Waals surface area (Å²) >= 11 is 0. The Morgan fingerprint density at radius 1 is 0.683 bits per heavy atom. The second kappa shape index (κ2) is 11.4. The van der Waals surface area contributed by atoms with Gasteiger partial charge in [-0.05, 0) is 53.1 Å². The van der Waals surface area contributed by atoms with Crippen LogP contribution in [-0.4, -0.2) is 49.5 Å². The van der Waals surface area contributed by atoms with E-state index in [-0.39, 0.29) is 19.2 Å². The van der Waals surface area contributed by atoms with Gasteiger partial charge < -0.3 is 18.9 Å². The van der Waals surface area contributed by atoms with Crippen molar-refractivity contribution >= 4 is 17.0 Å². The van der Waals surface area contributed by atoms with Crippen LogP contribution in [0.15, 0.2) is 97.1 Å². The lowest BCUT2D eigenvalue weighted by molar-refractivity contribution is -0.141. The largest absolute Gasteiger partial charge is 0.491 e. The molecule has 4 aromatic carbocycles. The van der Waals surface area contributed by atoms with Crippen LogP contribution in [0.5, 0.6) is 11.5 Å². The van der Waals surface area contributed by atoms with E-state index in [1.54, 1.807) is 7.11 Å². The van der Waals surface area contributed by atoms with Gasteiger partial charge in [-0.2, -0.15) is 0 Å². The van der Waals surface area contributed by atoms with Crippen molar-refractivity contribution in [3.8, 4) is 22.8 Å². The SMILES string of the molecule is COCCOc1ccc(C2(c3ccc(OCCOC(C)=O)cc3)c3ccccc3-c3nc4ccccc4nc32)cc1. The molecule has 7 heteroatoms. The van der Waals surface area contributed by atoms with Crippen molar-refractivity contribution < 1.29 is 23.7 Å². The fourth-order valence-corrected chi connectivity index (χ4v) is 5.53. The summed E-state index contributed by atoms with van der Waals surface area (Å²) in [6.07, 6.45) is 0. The Balaban J connectivity index is 1.50. The normalized spacial score (nSPS) is 15.3. The molecule has 0 saturated heterocycles. The molecule has 7 nitrogen and oxygen atoms in total.